The van der Waals surface area contributed by atoms with Gasteiger partial charge in [0.25, 0.3) is 5.91 Å². The van der Waals surface area contributed by atoms with Crippen molar-refractivity contribution in [3.05, 3.63) is 70.5 Å². The van der Waals surface area contributed by atoms with Gasteiger partial charge in [-0.05, 0) is 43.7 Å². The maximum atomic E-state index is 13.9. The summed E-state index contributed by atoms with van der Waals surface area (Å²) in [5.41, 5.74) is 4.06. The van der Waals surface area contributed by atoms with Gasteiger partial charge >= 0.3 is 0 Å². The lowest BCUT2D eigenvalue weighted by molar-refractivity contribution is -0.0246. The quantitative estimate of drug-likeness (QED) is 0.644. The van der Waals surface area contributed by atoms with E-state index in [0.29, 0.717) is 30.8 Å². The second kappa shape index (κ2) is 8.36. The van der Waals surface area contributed by atoms with Crippen molar-refractivity contribution >= 4 is 5.91 Å². The summed E-state index contributed by atoms with van der Waals surface area (Å²) in [5.74, 6) is 0.206. The van der Waals surface area contributed by atoms with Gasteiger partial charge in [0, 0.05) is 18.5 Å². The van der Waals surface area contributed by atoms with E-state index in [4.69, 9.17) is 14.2 Å². The predicted molar refractivity (Wildman–Crippen MR) is 110 cm³/mol. The monoisotopic (exact) mass is 409 g/mol. The minimum atomic E-state index is -0.379. The Hall–Kier alpha value is -3.06. The highest BCUT2D eigenvalue weighted by atomic mass is 19.1. The number of rotatable bonds is 4. The lowest BCUT2D eigenvalue weighted by Gasteiger charge is -2.33. The van der Waals surface area contributed by atoms with E-state index in [1.54, 1.807) is 24.0 Å². The highest BCUT2D eigenvalue weighted by Crippen LogP contribution is 2.29. The maximum absolute atomic E-state index is 13.9. The molecule has 0 saturated carbocycles. The van der Waals surface area contributed by atoms with E-state index in [-0.39, 0.29) is 17.8 Å². The lowest BCUT2D eigenvalue weighted by Crippen LogP contribution is -2.42. The first kappa shape index (κ1) is 20.2. The van der Waals surface area contributed by atoms with Gasteiger partial charge in [-0.25, -0.2) is 9.37 Å². The fourth-order valence-electron chi connectivity index (χ4n) is 3.68. The van der Waals surface area contributed by atoms with Crippen LogP contribution in [0.25, 0.3) is 11.3 Å². The van der Waals surface area contributed by atoms with Crippen molar-refractivity contribution in [3.8, 4) is 11.3 Å². The van der Waals surface area contributed by atoms with Crippen molar-refractivity contribution in [1.82, 2.24) is 15.0 Å². The molecule has 7 heteroatoms. The molecule has 1 aromatic carbocycles. The topological polar surface area (TPSA) is 68.5 Å². The Morgan fingerprint density at radius 3 is 2.87 bits per heavy atom. The second-order valence-corrected chi connectivity index (χ2v) is 7.44. The molecule has 2 aromatic heterocycles. The van der Waals surface area contributed by atoms with Gasteiger partial charge in [0.05, 0.1) is 35.8 Å². The molecular weight excluding hydrogens is 385 g/mol. The normalized spacial score (nSPS) is 16.7. The number of pyridine rings is 1. The van der Waals surface area contributed by atoms with Gasteiger partial charge in [0.1, 0.15) is 17.7 Å². The second-order valence-electron chi connectivity index (χ2n) is 7.44. The minimum absolute atomic E-state index is 0.207. The van der Waals surface area contributed by atoms with Crippen LogP contribution in [-0.4, -0.2) is 40.6 Å². The Bertz CT molecular complexity index is 1080. The Kier molecular flexibility index (Phi) is 5.63. The number of morpholine rings is 1. The molecule has 30 heavy (non-hydrogen) atoms. The summed E-state index contributed by atoms with van der Waals surface area (Å²) in [6.07, 6.45) is 0.361. The van der Waals surface area contributed by atoms with Crippen LogP contribution in [0, 0.1) is 19.7 Å². The molecule has 0 bridgehead atoms. The van der Waals surface area contributed by atoms with Crippen LogP contribution >= 0.6 is 0 Å². The van der Waals surface area contributed by atoms with Crippen molar-refractivity contribution in [2.75, 3.05) is 19.7 Å². The van der Waals surface area contributed by atoms with Crippen LogP contribution in [0.3, 0.4) is 0 Å². The molecule has 1 aliphatic rings. The van der Waals surface area contributed by atoms with E-state index in [1.807, 2.05) is 32.0 Å². The summed E-state index contributed by atoms with van der Waals surface area (Å²) in [5, 5.41) is 4.06. The van der Waals surface area contributed by atoms with Crippen LogP contribution in [0.15, 0.2) is 40.9 Å². The number of benzene rings is 1. The molecule has 3 heterocycles. The molecule has 156 valence electrons. The van der Waals surface area contributed by atoms with Crippen LogP contribution in [0.5, 0.6) is 0 Å². The zero-order valence-corrected chi connectivity index (χ0v) is 17.3. The average molecular weight is 409 g/mol. The molecule has 0 aliphatic carbocycles. The third-order valence-corrected chi connectivity index (χ3v) is 5.38. The van der Waals surface area contributed by atoms with E-state index in [1.165, 1.54) is 6.07 Å². The molecule has 1 unspecified atom stereocenters. The van der Waals surface area contributed by atoms with Crippen molar-refractivity contribution in [2.45, 2.75) is 33.3 Å². The first-order valence-corrected chi connectivity index (χ1v) is 10.1. The highest BCUT2D eigenvalue weighted by Gasteiger charge is 2.28. The summed E-state index contributed by atoms with van der Waals surface area (Å²) >= 11 is 0. The Labute approximate surface area is 174 Å². The van der Waals surface area contributed by atoms with Crippen molar-refractivity contribution in [1.29, 1.82) is 0 Å². The molecular formula is C23H24FN3O3. The SMILES string of the molecule is CCc1onc(C)c1-c1cccc(C2CN(C(=O)c3ccc(C)c(F)c3)CCO2)n1. The van der Waals surface area contributed by atoms with Crippen LogP contribution in [0.1, 0.15) is 46.1 Å². The molecule has 1 amide bonds. The zero-order chi connectivity index (χ0) is 21.3. The van der Waals surface area contributed by atoms with Gasteiger partial charge in [0.15, 0.2) is 0 Å². The number of aromatic nitrogens is 2. The van der Waals surface area contributed by atoms with Gasteiger partial charge in [-0.3, -0.25) is 4.79 Å². The first-order chi connectivity index (χ1) is 14.5. The van der Waals surface area contributed by atoms with Crippen LogP contribution in [-0.2, 0) is 11.2 Å². The molecule has 0 radical (unpaired) electrons. The van der Waals surface area contributed by atoms with Crippen molar-refractivity contribution in [2.24, 2.45) is 0 Å². The number of ether oxygens (including phenoxy) is 1. The number of aryl methyl sites for hydroxylation is 3. The Morgan fingerprint density at radius 1 is 1.27 bits per heavy atom. The number of hydrogen-bond donors (Lipinski definition) is 0. The van der Waals surface area contributed by atoms with Crippen LogP contribution in [0.4, 0.5) is 4.39 Å². The van der Waals surface area contributed by atoms with Crippen LogP contribution in [0.2, 0.25) is 0 Å². The molecule has 0 N–H and O–H groups in total. The standard InChI is InChI=1S/C23H24FN3O3/c1-4-20-22(15(3)26-30-20)19-7-5-6-18(25-19)21-13-27(10-11-29-21)23(28)16-9-8-14(2)17(24)12-16/h5-9,12,21H,4,10-11,13H2,1-3H3. The molecule has 3 aromatic rings. The van der Waals surface area contributed by atoms with E-state index in [9.17, 15) is 9.18 Å². The summed E-state index contributed by atoms with van der Waals surface area (Å²) in [6, 6.07) is 10.3. The molecule has 1 saturated heterocycles. The van der Waals surface area contributed by atoms with Gasteiger partial charge in [0.2, 0.25) is 0 Å². The van der Waals surface area contributed by atoms with Gasteiger partial charge in [-0.15, -0.1) is 0 Å². The predicted octanol–water partition coefficient (Wildman–Crippen LogP) is 4.27. The smallest absolute Gasteiger partial charge is 0.254 e. The van der Waals surface area contributed by atoms with E-state index in [2.05, 4.69) is 5.16 Å². The fraction of sp³-hybridized carbons (Fsp3) is 0.348. The van der Waals surface area contributed by atoms with Crippen molar-refractivity contribution in [3.63, 3.8) is 0 Å². The molecule has 6 nitrogen and oxygen atoms in total. The Balaban J connectivity index is 1.57. The van der Waals surface area contributed by atoms with Gasteiger partial charge in [-0.2, -0.15) is 0 Å². The molecule has 1 fully saturated rings. The summed E-state index contributed by atoms with van der Waals surface area (Å²) in [6.45, 7) is 6.78. The number of amides is 1. The number of carbonyl (C=O) groups excluding carboxylic acids is 1. The van der Waals surface area contributed by atoms with Gasteiger partial charge < -0.3 is 14.2 Å². The zero-order valence-electron chi connectivity index (χ0n) is 17.3. The highest BCUT2D eigenvalue weighted by molar-refractivity contribution is 5.94. The lowest BCUT2D eigenvalue weighted by atomic mass is 10.1. The third kappa shape index (κ3) is 3.85. The minimum Gasteiger partial charge on any atom is -0.368 e. The number of carbonyl (C=O) groups is 1. The summed E-state index contributed by atoms with van der Waals surface area (Å²) in [4.78, 5) is 19.4. The Morgan fingerprint density at radius 2 is 2.10 bits per heavy atom. The van der Waals surface area contributed by atoms with Gasteiger partial charge in [-0.1, -0.05) is 24.2 Å². The third-order valence-electron chi connectivity index (χ3n) is 5.38. The molecule has 0 spiro atoms. The first-order valence-electron chi connectivity index (χ1n) is 10.1. The number of hydrogen-bond acceptors (Lipinski definition) is 5. The number of halogens is 1. The molecule has 4 rings (SSSR count). The van der Waals surface area contributed by atoms with E-state index < -0.39 is 0 Å². The van der Waals surface area contributed by atoms with E-state index in [0.717, 1.165) is 34.8 Å². The fourth-order valence-corrected chi connectivity index (χ4v) is 3.68. The number of nitrogens with zero attached hydrogens (tertiary/aromatic N) is 3. The molecule has 1 atom stereocenters. The summed E-state index contributed by atoms with van der Waals surface area (Å²) < 4.78 is 25.2. The average Bonchev–Trinajstić information content (AvgIpc) is 3.16. The molecule has 1 aliphatic heterocycles. The van der Waals surface area contributed by atoms with E-state index >= 15 is 0 Å². The van der Waals surface area contributed by atoms with Crippen molar-refractivity contribution < 1.29 is 18.4 Å². The maximum Gasteiger partial charge on any atom is 0.254 e. The van der Waals surface area contributed by atoms with Crippen LogP contribution < -0.4 is 0 Å². The summed E-state index contributed by atoms with van der Waals surface area (Å²) in [7, 11) is 0. The largest absolute Gasteiger partial charge is 0.368 e.